The van der Waals surface area contributed by atoms with Gasteiger partial charge in [0, 0.05) is 12.2 Å². The number of benzene rings is 1. The van der Waals surface area contributed by atoms with Crippen molar-refractivity contribution >= 4 is 6.29 Å². The number of hydrogen-bond acceptors (Lipinski definition) is 3. The average molecular weight is 216 g/mol. The molecule has 0 fully saturated rings. The second kappa shape index (κ2) is 4.95. The molecule has 0 aliphatic carbocycles. The number of aldehydes is 1. The van der Waals surface area contributed by atoms with Gasteiger partial charge in [0.15, 0.2) is 12.6 Å². The lowest BCUT2D eigenvalue weighted by Crippen LogP contribution is -2.05. The summed E-state index contributed by atoms with van der Waals surface area (Å²) in [6.45, 7) is 1.84. The summed E-state index contributed by atoms with van der Waals surface area (Å²) in [7, 11) is 0. The molecule has 1 N–H and O–H groups in total. The number of aliphatic hydroxyl groups excluding tert-OH is 1. The van der Waals surface area contributed by atoms with Crippen molar-refractivity contribution in [3.63, 3.8) is 0 Å². The molecule has 1 unspecified atom stereocenters. The number of ether oxygens (including phenoxy) is 1. The molecule has 0 aliphatic heterocycles. The maximum absolute atomic E-state index is 13.1. The molecule has 0 radical (unpaired) electrons. The van der Waals surface area contributed by atoms with Gasteiger partial charge in [-0.3, -0.25) is 4.79 Å². The molecule has 15 heavy (non-hydrogen) atoms. The Kier molecular flexibility index (Phi) is 3.88. The Morgan fingerprint density at radius 1 is 1.47 bits per heavy atom. The quantitative estimate of drug-likeness (QED) is 0.616. The predicted molar refractivity (Wildman–Crippen MR) is 48.3 cm³/mol. The minimum Gasteiger partial charge on any atom is -0.364 e. The monoisotopic (exact) mass is 216 g/mol. The molecule has 0 saturated carbocycles. The van der Waals surface area contributed by atoms with E-state index in [-0.39, 0.29) is 18.5 Å². The second-order valence-electron chi connectivity index (χ2n) is 2.82. The number of carbonyl (C=O) groups is 1. The van der Waals surface area contributed by atoms with Crippen LogP contribution in [0.4, 0.5) is 8.78 Å². The Morgan fingerprint density at radius 3 is 2.40 bits per heavy atom. The van der Waals surface area contributed by atoms with E-state index in [0.717, 1.165) is 12.1 Å². The SMILES string of the molecule is CCOC(O)c1cc(F)c(C=O)c(F)c1. The van der Waals surface area contributed by atoms with Gasteiger partial charge in [0.05, 0.1) is 5.56 Å². The first-order valence-corrected chi connectivity index (χ1v) is 4.34. The van der Waals surface area contributed by atoms with Crippen LogP contribution in [0.2, 0.25) is 0 Å². The first-order valence-electron chi connectivity index (χ1n) is 4.34. The highest BCUT2D eigenvalue weighted by Crippen LogP contribution is 2.20. The zero-order chi connectivity index (χ0) is 11.4. The summed E-state index contributed by atoms with van der Waals surface area (Å²) in [6, 6.07) is 1.74. The predicted octanol–water partition coefficient (Wildman–Crippen LogP) is 1.80. The molecule has 0 bridgehead atoms. The molecule has 1 aromatic carbocycles. The number of hydrogen-bond donors (Lipinski definition) is 1. The van der Waals surface area contributed by atoms with Gasteiger partial charge in [0.2, 0.25) is 0 Å². The van der Waals surface area contributed by atoms with Gasteiger partial charge in [0.25, 0.3) is 0 Å². The van der Waals surface area contributed by atoms with Gasteiger partial charge >= 0.3 is 0 Å². The third kappa shape index (κ3) is 2.57. The zero-order valence-corrected chi connectivity index (χ0v) is 8.04. The molecule has 1 rings (SSSR count). The summed E-state index contributed by atoms with van der Waals surface area (Å²) in [4.78, 5) is 10.3. The summed E-state index contributed by atoms with van der Waals surface area (Å²) in [5.74, 6) is -2.03. The van der Waals surface area contributed by atoms with Crippen LogP contribution in [0.3, 0.4) is 0 Å². The fourth-order valence-electron chi connectivity index (χ4n) is 1.11. The summed E-state index contributed by atoms with van der Waals surface area (Å²) in [6.07, 6.45) is -1.30. The van der Waals surface area contributed by atoms with Crippen LogP contribution in [0.5, 0.6) is 0 Å². The van der Waals surface area contributed by atoms with E-state index < -0.39 is 23.5 Å². The third-order valence-electron chi connectivity index (χ3n) is 1.83. The Bertz CT molecular complexity index is 343. The van der Waals surface area contributed by atoms with Gasteiger partial charge < -0.3 is 9.84 Å². The molecule has 3 nitrogen and oxygen atoms in total. The van der Waals surface area contributed by atoms with Crippen LogP contribution in [0, 0.1) is 11.6 Å². The van der Waals surface area contributed by atoms with Gasteiger partial charge in [-0.1, -0.05) is 0 Å². The molecule has 0 saturated heterocycles. The molecule has 0 aromatic heterocycles. The van der Waals surface area contributed by atoms with Crippen molar-refractivity contribution in [2.24, 2.45) is 0 Å². The minimum atomic E-state index is -1.39. The molecular formula is C10H10F2O3. The fraction of sp³-hybridized carbons (Fsp3) is 0.300. The van der Waals surface area contributed by atoms with E-state index in [1.54, 1.807) is 6.92 Å². The third-order valence-corrected chi connectivity index (χ3v) is 1.83. The van der Waals surface area contributed by atoms with Crippen molar-refractivity contribution in [1.82, 2.24) is 0 Å². The molecule has 5 heteroatoms. The Balaban J connectivity index is 3.08. The van der Waals surface area contributed by atoms with E-state index in [1.807, 2.05) is 0 Å². The molecular weight excluding hydrogens is 206 g/mol. The Morgan fingerprint density at radius 2 is 2.00 bits per heavy atom. The summed E-state index contributed by atoms with van der Waals surface area (Å²) < 4.78 is 30.9. The van der Waals surface area contributed by atoms with Gasteiger partial charge in [-0.2, -0.15) is 0 Å². The largest absolute Gasteiger partial charge is 0.364 e. The highest BCUT2D eigenvalue weighted by molar-refractivity contribution is 5.75. The topological polar surface area (TPSA) is 46.5 Å². The molecule has 1 aromatic rings. The first-order chi connectivity index (χ1) is 7.10. The Hall–Kier alpha value is -1.33. The number of rotatable bonds is 4. The van der Waals surface area contributed by atoms with Crippen molar-refractivity contribution in [3.8, 4) is 0 Å². The summed E-state index contributed by atoms with van der Waals surface area (Å²) in [5.41, 5.74) is -0.708. The Labute approximate surface area is 85.3 Å². The highest BCUT2D eigenvalue weighted by atomic mass is 19.1. The molecule has 82 valence electrons. The van der Waals surface area contributed by atoms with Crippen LogP contribution in [0.15, 0.2) is 12.1 Å². The second-order valence-corrected chi connectivity index (χ2v) is 2.82. The van der Waals surface area contributed by atoms with E-state index in [2.05, 4.69) is 0 Å². The average Bonchev–Trinajstić information content (AvgIpc) is 2.17. The lowest BCUT2D eigenvalue weighted by atomic mass is 10.1. The van der Waals surface area contributed by atoms with Gasteiger partial charge in [-0.25, -0.2) is 8.78 Å². The maximum atomic E-state index is 13.1. The minimum absolute atomic E-state index is 0.0579. The van der Waals surface area contributed by atoms with Crippen LogP contribution < -0.4 is 0 Å². The maximum Gasteiger partial charge on any atom is 0.181 e. The van der Waals surface area contributed by atoms with Crippen LogP contribution in [-0.4, -0.2) is 18.0 Å². The smallest absolute Gasteiger partial charge is 0.181 e. The van der Waals surface area contributed by atoms with Gasteiger partial charge in [-0.15, -0.1) is 0 Å². The van der Waals surface area contributed by atoms with E-state index in [9.17, 15) is 18.7 Å². The van der Waals surface area contributed by atoms with Crippen molar-refractivity contribution < 1.29 is 23.4 Å². The van der Waals surface area contributed by atoms with E-state index in [1.165, 1.54) is 0 Å². The van der Waals surface area contributed by atoms with Gasteiger partial charge in [-0.05, 0) is 19.1 Å². The molecule has 0 spiro atoms. The number of halogens is 2. The summed E-state index contributed by atoms with van der Waals surface area (Å²) in [5, 5.41) is 9.29. The number of carbonyl (C=O) groups excluding carboxylic acids is 1. The van der Waals surface area contributed by atoms with Crippen LogP contribution in [0.25, 0.3) is 0 Å². The lowest BCUT2D eigenvalue weighted by molar-refractivity contribution is -0.0982. The van der Waals surface area contributed by atoms with E-state index in [4.69, 9.17) is 4.74 Å². The molecule has 1 atom stereocenters. The van der Waals surface area contributed by atoms with E-state index in [0.29, 0.717) is 0 Å². The van der Waals surface area contributed by atoms with Crippen molar-refractivity contribution in [2.45, 2.75) is 13.2 Å². The van der Waals surface area contributed by atoms with Gasteiger partial charge in [0.1, 0.15) is 11.6 Å². The van der Waals surface area contributed by atoms with Crippen molar-refractivity contribution in [3.05, 3.63) is 34.9 Å². The normalized spacial score (nSPS) is 12.5. The zero-order valence-electron chi connectivity index (χ0n) is 8.04. The lowest BCUT2D eigenvalue weighted by Gasteiger charge is -2.11. The standard InChI is InChI=1S/C10H10F2O3/c1-2-15-10(14)6-3-8(11)7(5-13)9(12)4-6/h3-5,10,14H,2H2,1H3. The van der Waals surface area contributed by atoms with E-state index >= 15 is 0 Å². The molecule has 0 amide bonds. The molecule has 0 heterocycles. The van der Waals surface area contributed by atoms with Crippen LogP contribution in [0.1, 0.15) is 29.1 Å². The van der Waals surface area contributed by atoms with Crippen molar-refractivity contribution in [2.75, 3.05) is 6.61 Å². The highest BCUT2D eigenvalue weighted by Gasteiger charge is 2.14. The first kappa shape index (κ1) is 11.7. The number of aliphatic hydroxyl groups is 1. The molecule has 0 aliphatic rings. The fourth-order valence-corrected chi connectivity index (χ4v) is 1.11. The van der Waals surface area contributed by atoms with Crippen molar-refractivity contribution in [1.29, 1.82) is 0 Å². The summed E-state index contributed by atoms with van der Waals surface area (Å²) >= 11 is 0. The van der Waals surface area contributed by atoms with Crippen LogP contribution >= 0.6 is 0 Å². The van der Waals surface area contributed by atoms with Crippen LogP contribution in [-0.2, 0) is 4.74 Å².